The zero-order valence-electron chi connectivity index (χ0n) is 18.2. The first-order valence-electron chi connectivity index (χ1n) is 11.1. The number of rotatable bonds is 6. The zero-order chi connectivity index (χ0) is 22.5. The number of amides is 1. The molecule has 3 aromatic carbocycles. The molecule has 0 aromatic heterocycles. The third kappa shape index (κ3) is 4.57. The molecule has 1 heterocycles. The summed E-state index contributed by atoms with van der Waals surface area (Å²) in [6.07, 6.45) is 1.41. The highest BCUT2D eigenvalue weighted by Crippen LogP contribution is 2.30. The molecule has 5 heteroatoms. The number of piperidine rings is 1. The van der Waals surface area contributed by atoms with Crippen molar-refractivity contribution in [2.24, 2.45) is 5.92 Å². The Morgan fingerprint density at radius 2 is 1.53 bits per heavy atom. The molecule has 0 bridgehead atoms. The van der Waals surface area contributed by atoms with Crippen LogP contribution in [0.15, 0.2) is 78.9 Å². The number of hydrogen-bond donors (Lipinski definition) is 0. The largest absolute Gasteiger partial charge is 0.371 e. The molecule has 1 saturated heterocycles. The van der Waals surface area contributed by atoms with Gasteiger partial charge in [0.2, 0.25) is 0 Å². The van der Waals surface area contributed by atoms with Crippen LogP contribution < -0.4 is 9.80 Å². The summed E-state index contributed by atoms with van der Waals surface area (Å²) in [6.45, 7) is 3.93. The van der Waals surface area contributed by atoms with Gasteiger partial charge in [-0.3, -0.25) is 9.59 Å². The molecule has 0 saturated carbocycles. The number of carbonyl (C=O) groups is 2. The molecular formula is C27H27FN2O2. The maximum Gasteiger partial charge on any atom is 0.260 e. The van der Waals surface area contributed by atoms with Crippen molar-refractivity contribution in [2.45, 2.75) is 19.8 Å². The molecule has 32 heavy (non-hydrogen) atoms. The standard InChI is InChI=1S/C27H27FN2O2/c1-2-30(23-8-4-3-5-9-23)27(32)24-10-6-7-11-25(24)29-18-16-21(17-19-29)26(31)20-12-14-22(28)15-13-20/h3-15,21H,2,16-19H2,1H3. The Bertz CT molecular complexity index is 1070. The molecule has 0 unspecified atom stereocenters. The molecule has 0 radical (unpaired) electrons. The molecule has 1 amide bonds. The van der Waals surface area contributed by atoms with E-state index in [4.69, 9.17) is 0 Å². The molecule has 164 valence electrons. The highest BCUT2D eigenvalue weighted by atomic mass is 19.1. The zero-order valence-corrected chi connectivity index (χ0v) is 18.2. The van der Waals surface area contributed by atoms with E-state index < -0.39 is 0 Å². The predicted molar refractivity (Wildman–Crippen MR) is 126 cm³/mol. The van der Waals surface area contributed by atoms with Gasteiger partial charge in [0.05, 0.1) is 5.56 Å². The molecule has 4 nitrogen and oxygen atoms in total. The summed E-state index contributed by atoms with van der Waals surface area (Å²) < 4.78 is 13.2. The lowest BCUT2D eigenvalue weighted by molar-refractivity contribution is 0.0899. The lowest BCUT2D eigenvalue weighted by atomic mass is 9.88. The maximum atomic E-state index is 13.4. The first kappa shape index (κ1) is 21.8. The number of Topliss-reactive ketones (excluding diaryl/α,β-unsaturated/α-hetero) is 1. The molecule has 1 aliphatic heterocycles. The number of ketones is 1. The van der Waals surface area contributed by atoms with Crippen LogP contribution in [0.2, 0.25) is 0 Å². The number of para-hydroxylation sites is 2. The Balaban J connectivity index is 1.49. The van der Waals surface area contributed by atoms with Gasteiger partial charge in [0, 0.05) is 42.5 Å². The van der Waals surface area contributed by atoms with Crippen molar-refractivity contribution in [3.8, 4) is 0 Å². The molecule has 0 atom stereocenters. The molecular weight excluding hydrogens is 403 g/mol. The molecule has 1 aliphatic rings. The second kappa shape index (κ2) is 9.77. The van der Waals surface area contributed by atoms with E-state index in [-0.39, 0.29) is 23.4 Å². The van der Waals surface area contributed by atoms with Crippen LogP contribution in [-0.2, 0) is 0 Å². The summed E-state index contributed by atoms with van der Waals surface area (Å²) >= 11 is 0. The van der Waals surface area contributed by atoms with Gasteiger partial charge in [-0.05, 0) is 68.3 Å². The summed E-state index contributed by atoms with van der Waals surface area (Å²) in [5.41, 5.74) is 3.00. The third-order valence-electron chi connectivity index (χ3n) is 6.10. The summed E-state index contributed by atoms with van der Waals surface area (Å²) in [4.78, 5) is 30.2. The fourth-order valence-corrected chi connectivity index (χ4v) is 4.36. The summed E-state index contributed by atoms with van der Waals surface area (Å²) in [6, 6.07) is 23.1. The minimum absolute atomic E-state index is 0.0289. The average Bonchev–Trinajstić information content (AvgIpc) is 2.85. The lowest BCUT2D eigenvalue weighted by Gasteiger charge is -2.34. The summed E-state index contributed by atoms with van der Waals surface area (Å²) in [7, 11) is 0. The Hall–Kier alpha value is -3.47. The smallest absolute Gasteiger partial charge is 0.260 e. The van der Waals surface area contributed by atoms with Gasteiger partial charge < -0.3 is 9.80 Å². The molecule has 0 aliphatic carbocycles. The number of benzene rings is 3. The molecule has 4 rings (SSSR count). The van der Waals surface area contributed by atoms with Crippen molar-refractivity contribution in [3.05, 3.63) is 95.8 Å². The summed E-state index contributed by atoms with van der Waals surface area (Å²) in [5, 5.41) is 0. The van der Waals surface area contributed by atoms with E-state index in [0.29, 0.717) is 43.6 Å². The van der Waals surface area contributed by atoms with Crippen LogP contribution >= 0.6 is 0 Å². The second-order valence-corrected chi connectivity index (χ2v) is 8.03. The summed E-state index contributed by atoms with van der Waals surface area (Å²) in [5.74, 6) is -0.389. The van der Waals surface area contributed by atoms with Gasteiger partial charge in [-0.1, -0.05) is 30.3 Å². The third-order valence-corrected chi connectivity index (χ3v) is 6.10. The SMILES string of the molecule is CCN(C(=O)c1ccccc1N1CCC(C(=O)c2ccc(F)cc2)CC1)c1ccccc1. The van der Waals surface area contributed by atoms with Crippen LogP contribution in [0.4, 0.5) is 15.8 Å². The van der Waals surface area contributed by atoms with Crippen molar-refractivity contribution >= 4 is 23.1 Å². The molecule has 3 aromatic rings. The van der Waals surface area contributed by atoms with Gasteiger partial charge in [-0.25, -0.2) is 4.39 Å². The van der Waals surface area contributed by atoms with Gasteiger partial charge in [-0.15, -0.1) is 0 Å². The van der Waals surface area contributed by atoms with Crippen molar-refractivity contribution in [3.63, 3.8) is 0 Å². The predicted octanol–water partition coefficient (Wildman–Crippen LogP) is 5.59. The Labute approximate surface area is 188 Å². The second-order valence-electron chi connectivity index (χ2n) is 8.03. The van der Waals surface area contributed by atoms with Crippen molar-refractivity contribution in [1.82, 2.24) is 0 Å². The van der Waals surface area contributed by atoms with Crippen molar-refractivity contribution in [1.29, 1.82) is 0 Å². The highest BCUT2D eigenvalue weighted by molar-refractivity contribution is 6.09. The minimum Gasteiger partial charge on any atom is -0.371 e. The topological polar surface area (TPSA) is 40.6 Å². The van der Waals surface area contributed by atoms with Crippen LogP contribution in [0.3, 0.4) is 0 Å². The number of nitrogens with zero attached hydrogens (tertiary/aromatic N) is 2. The van der Waals surface area contributed by atoms with Crippen LogP contribution in [-0.4, -0.2) is 31.3 Å². The van der Waals surface area contributed by atoms with E-state index in [1.165, 1.54) is 12.1 Å². The van der Waals surface area contributed by atoms with Gasteiger partial charge in [-0.2, -0.15) is 0 Å². The average molecular weight is 431 g/mol. The monoisotopic (exact) mass is 430 g/mol. The number of carbonyl (C=O) groups excluding carboxylic acids is 2. The van der Waals surface area contributed by atoms with Gasteiger partial charge in [0.1, 0.15) is 5.82 Å². The number of hydrogen-bond acceptors (Lipinski definition) is 3. The van der Waals surface area contributed by atoms with Crippen LogP contribution in [0.25, 0.3) is 0 Å². The van der Waals surface area contributed by atoms with E-state index >= 15 is 0 Å². The van der Waals surface area contributed by atoms with Crippen LogP contribution in [0.1, 0.15) is 40.5 Å². The van der Waals surface area contributed by atoms with Gasteiger partial charge in [0.25, 0.3) is 5.91 Å². The molecule has 0 spiro atoms. The number of anilines is 2. The van der Waals surface area contributed by atoms with E-state index in [9.17, 15) is 14.0 Å². The normalized spacial score (nSPS) is 14.2. The Morgan fingerprint density at radius 3 is 2.19 bits per heavy atom. The minimum atomic E-state index is -0.339. The maximum absolute atomic E-state index is 13.4. The lowest BCUT2D eigenvalue weighted by Crippen LogP contribution is -2.38. The van der Waals surface area contributed by atoms with E-state index in [2.05, 4.69) is 4.90 Å². The first-order chi connectivity index (χ1) is 15.6. The Kier molecular flexibility index (Phi) is 6.64. The van der Waals surface area contributed by atoms with Crippen molar-refractivity contribution < 1.29 is 14.0 Å². The van der Waals surface area contributed by atoms with E-state index in [1.54, 1.807) is 17.0 Å². The first-order valence-corrected chi connectivity index (χ1v) is 11.1. The molecule has 1 fully saturated rings. The van der Waals surface area contributed by atoms with Crippen molar-refractivity contribution in [2.75, 3.05) is 29.4 Å². The fraction of sp³-hybridized carbons (Fsp3) is 0.259. The quantitative estimate of drug-likeness (QED) is 0.479. The van der Waals surface area contributed by atoms with Crippen LogP contribution in [0, 0.1) is 11.7 Å². The Morgan fingerprint density at radius 1 is 0.906 bits per heavy atom. The van der Waals surface area contributed by atoms with E-state index in [0.717, 1.165) is 11.4 Å². The number of halogens is 1. The van der Waals surface area contributed by atoms with E-state index in [1.807, 2.05) is 61.5 Å². The highest BCUT2D eigenvalue weighted by Gasteiger charge is 2.28. The van der Waals surface area contributed by atoms with Gasteiger partial charge >= 0.3 is 0 Å². The van der Waals surface area contributed by atoms with Gasteiger partial charge in [0.15, 0.2) is 5.78 Å². The molecule has 0 N–H and O–H groups in total. The van der Waals surface area contributed by atoms with Crippen LogP contribution in [0.5, 0.6) is 0 Å². The fourth-order valence-electron chi connectivity index (χ4n) is 4.36.